The summed E-state index contributed by atoms with van der Waals surface area (Å²) in [5, 5.41) is 0. The second-order valence-electron chi connectivity index (χ2n) is 4.50. The Kier molecular flexibility index (Phi) is 4.13. The van der Waals surface area contributed by atoms with Crippen molar-refractivity contribution in [1.29, 1.82) is 0 Å². The summed E-state index contributed by atoms with van der Waals surface area (Å²) in [4.78, 5) is 11.5. The lowest BCUT2D eigenvalue weighted by molar-refractivity contribution is -0.141. The van der Waals surface area contributed by atoms with Gasteiger partial charge in [-0.2, -0.15) is 21.6 Å². The highest BCUT2D eigenvalue weighted by Crippen LogP contribution is 2.30. The Morgan fingerprint density at radius 3 is 2.05 bits per heavy atom. The average molecular weight is 324 g/mol. The van der Waals surface area contributed by atoms with Gasteiger partial charge in [0.1, 0.15) is 11.5 Å². The van der Waals surface area contributed by atoms with Gasteiger partial charge >= 0.3 is 21.6 Å². The van der Waals surface area contributed by atoms with Crippen molar-refractivity contribution in [3.63, 3.8) is 0 Å². The molecule has 2 rings (SSSR count). The van der Waals surface area contributed by atoms with Crippen LogP contribution in [0.15, 0.2) is 24.3 Å². The molecule has 1 aliphatic carbocycles. The third kappa shape index (κ3) is 3.66. The van der Waals surface area contributed by atoms with Crippen molar-refractivity contribution in [1.82, 2.24) is 0 Å². The molecule has 0 amide bonds. The number of carbonyl (C=O) groups is 1. The number of hydrogen-bond acceptors (Lipinski definition) is 5. The number of alkyl halides is 3. The number of esters is 1. The highest BCUT2D eigenvalue weighted by atomic mass is 32.2. The number of rotatable bonds is 4. The van der Waals surface area contributed by atoms with Gasteiger partial charge in [0.05, 0.1) is 5.92 Å². The first-order chi connectivity index (χ1) is 9.69. The van der Waals surface area contributed by atoms with Crippen molar-refractivity contribution in [3.8, 4) is 11.5 Å². The second-order valence-corrected chi connectivity index (χ2v) is 6.04. The number of benzene rings is 1. The smallest absolute Gasteiger partial charge is 0.426 e. The summed E-state index contributed by atoms with van der Waals surface area (Å²) in [6.45, 7) is 0. The van der Waals surface area contributed by atoms with Crippen LogP contribution in [0.5, 0.6) is 11.5 Å². The minimum absolute atomic E-state index is 0.114. The fourth-order valence-corrected chi connectivity index (χ4v) is 2.04. The van der Waals surface area contributed by atoms with Crippen LogP contribution >= 0.6 is 0 Å². The molecule has 9 heteroatoms. The van der Waals surface area contributed by atoms with E-state index >= 15 is 0 Å². The highest BCUT2D eigenvalue weighted by molar-refractivity contribution is 7.87. The van der Waals surface area contributed by atoms with Crippen LogP contribution in [0, 0.1) is 5.92 Å². The molecule has 0 unspecified atom stereocenters. The normalized spacial score (nSPS) is 16.1. The van der Waals surface area contributed by atoms with Gasteiger partial charge in [-0.3, -0.25) is 4.79 Å². The first-order valence-electron chi connectivity index (χ1n) is 6.01. The molecule has 1 aromatic rings. The highest BCUT2D eigenvalue weighted by Gasteiger charge is 2.48. The van der Waals surface area contributed by atoms with Crippen LogP contribution in [0.25, 0.3) is 0 Å². The van der Waals surface area contributed by atoms with Gasteiger partial charge in [0, 0.05) is 0 Å². The SMILES string of the molecule is O=C(Oc1ccc(OS(=O)(=O)C(F)(F)F)cc1)C1CCC1. The average Bonchev–Trinajstić information content (AvgIpc) is 2.27. The molecule has 1 aliphatic rings. The van der Waals surface area contributed by atoms with Crippen LogP contribution in [0.3, 0.4) is 0 Å². The predicted octanol–water partition coefficient (Wildman–Crippen LogP) is 2.62. The zero-order chi connectivity index (χ0) is 15.7. The molecule has 0 bridgehead atoms. The molecule has 0 heterocycles. The number of hydrogen-bond donors (Lipinski definition) is 0. The fourth-order valence-electron chi connectivity index (χ4n) is 1.58. The summed E-state index contributed by atoms with van der Waals surface area (Å²) < 4.78 is 66.9. The molecule has 0 saturated heterocycles. The van der Waals surface area contributed by atoms with E-state index in [2.05, 4.69) is 4.18 Å². The third-order valence-electron chi connectivity index (χ3n) is 2.97. The van der Waals surface area contributed by atoms with Crippen LogP contribution in [-0.4, -0.2) is 19.9 Å². The van der Waals surface area contributed by atoms with Crippen LogP contribution in [0.1, 0.15) is 19.3 Å². The maximum absolute atomic E-state index is 12.1. The van der Waals surface area contributed by atoms with E-state index in [1.54, 1.807) is 0 Å². The number of halogens is 3. The summed E-state index contributed by atoms with van der Waals surface area (Å²) in [7, 11) is -5.70. The van der Waals surface area contributed by atoms with Gasteiger partial charge in [0.15, 0.2) is 0 Å². The van der Waals surface area contributed by atoms with Gasteiger partial charge in [-0.15, -0.1) is 0 Å². The van der Waals surface area contributed by atoms with Gasteiger partial charge in [0.2, 0.25) is 0 Å². The quantitative estimate of drug-likeness (QED) is 0.368. The van der Waals surface area contributed by atoms with E-state index in [0.717, 1.165) is 43.5 Å². The van der Waals surface area contributed by atoms with E-state index in [4.69, 9.17) is 4.74 Å². The lowest BCUT2D eigenvalue weighted by Crippen LogP contribution is -2.28. The van der Waals surface area contributed by atoms with Gasteiger partial charge in [-0.1, -0.05) is 6.42 Å². The van der Waals surface area contributed by atoms with Crippen molar-refractivity contribution in [2.24, 2.45) is 5.92 Å². The number of carbonyl (C=O) groups excluding carboxylic acids is 1. The number of ether oxygens (including phenoxy) is 1. The molecule has 1 fully saturated rings. The first-order valence-corrected chi connectivity index (χ1v) is 7.42. The Bertz CT molecular complexity index is 617. The zero-order valence-electron chi connectivity index (χ0n) is 10.6. The Labute approximate surface area is 118 Å². The maximum Gasteiger partial charge on any atom is 0.534 e. The summed E-state index contributed by atoms with van der Waals surface area (Å²) in [6.07, 6.45) is 2.47. The van der Waals surface area contributed by atoms with Crippen LogP contribution < -0.4 is 8.92 Å². The molecular formula is C12H11F3O5S. The molecule has 0 radical (unpaired) electrons. The van der Waals surface area contributed by atoms with Crippen molar-refractivity contribution in [2.75, 3.05) is 0 Å². The molecule has 1 saturated carbocycles. The maximum atomic E-state index is 12.1. The fraction of sp³-hybridized carbons (Fsp3) is 0.417. The Balaban J connectivity index is 2.00. The van der Waals surface area contributed by atoms with Crippen molar-refractivity contribution < 1.29 is 35.3 Å². The van der Waals surface area contributed by atoms with Gasteiger partial charge < -0.3 is 8.92 Å². The van der Waals surface area contributed by atoms with E-state index in [1.165, 1.54) is 0 Å². The molecule has 116 valence electrons. The summed E-state index contributed by atoms with van der Waals surface area (Å²) in [5.41, 5.74) is -5.50. The Morgan fingerprint density at radius 1 is 1.10 bits per heavy atom. The monoisotopic (exact) mass is 324 g/mol. The molecule has 0 N–H and O–H groups in total. The van der Waals surface area contributed by atoms with Crippen molar-refractivity contribution in [3.05, 3.63) is 24.3 Å². The van der Waals surface area contributed by atoms with Crippen molar-refractivity contribution >= 4 is 16.1 Å². The molecule has 0 atom stereocenters. The largest absolute Gasteiger partial charge is 0.534 e. The molecule has 0 aliphatic heterocycles. The lowest BCUT2D eigenvalue weighted by Gasteiger charge is -2.22. The molecule has 21 heavy (non-hydrogen) atoms. The van der Waals surface area contributed by atoms with Crippen LogP contribution in [0.2, 0.25) is 0 Å². The molecule has 5 nitrogen and oxygen atoms in total. The van der Waals surface area contributed by atoms with Gasteiger partial charge in [-0.25, -0.2) is 0 Å². The second kappa shape index (κ2) is 5.55. The standard InChI is InChI=1S/C12H11F3O5S/c13-12(14,15)21(17,18)20-10-6-4-9(5-7-10)19-11(16)8-2-1-3-8/h4-8H,1-3H2. The van der Waals surface area contributed by atoms with Crippen LogP contribution in [-0.2, 0) is 14.9 Å². The van der Waals surface area contributed by atoms with Crippen molar-refractivity contribution in [2.45, 2.75) is 24.8 Å². The lowest BCUT2D eigenvalue weighted by atomic mass is 9.86. The zero-order valence-corrected chi connectivity index (χ0v) is 11.4. The molecular weight excluding hydrogens is 313 g/mol. The van der Waals surface area contributed by atoms with E-state index in [9.17, 15) is 26.4 Å². The van der Waals surface area contributed by atoms with Gasteiger partial charge in [-0.05, 0) is 37.1 Å². The van der Waals surface area contributed by atoms with E-state index in [-0.39, 0.29) is 11.7 Å². The van der Waals surface area contributed by atoms with E-state index < -0.39 is 27.3 Å². The topological polar surface area (TPSA) is 69.7 Å². The van der Waals surface area contributed by atoms with E-state index in [1.807, 2.05) is 0 Å². The Hall–Kier alpha value is -1.77. The van der Waals surface area contributed by atoms with Crippen LogP contribution in [0.4, 0.5) is 13.2 Å². The molecule has 0 aromatic heterocycles. The van der Waals surface area contributed by atoms with Gasteiger partial charge in [0.25, 0.3) is 0 Å². The summed E-state index contributed by atoms with van der Waals surface area (Å²) >= 11 is 0. The first kappa shape index (κ1) is 15.6. The third-order valence-corrected chi connectivity index (χ3v) is 3.95. The Morgan fingerprint density at radius 2 is 1.62 bits per heavy atom. The summed E-state index contributed by atoms with van der Waals surface area (Å²) in [5.74, 6) is -0.955. The molecule has 1 aromatic carbocycles. The minimum atomic E-state index is -5.70. The van der Waals surface area contributed by atoms with E-state index in [0.29, 0.717) is 0 Å². The predicted molar refractivity (Wildman–Crippen MR) is 65.0 cm³/mol. The molecule has 0 spiro atoms. The minimum Gasteiger partial charge on any atom is -0.426 e. The summed E-state index contributed by atoms with van der Waals surface area (Å²) in [6, 6.07) is 4.29.